The minimum atomic E-state index is -0.239. The third-order valence-corrected chi connectivity index (χ3v) is 3.50. The highest BCUT2D eigenvalue weighted by Crippen LogP contribution is 2.27. The van der Waals surface area contributed by atoms with Gasteiger partial charge < -0.3 is 15.4 Å². The van der Waals surface area contributed by atoms with Gasteiger partial charge in [0.05, 0.1) is 18.0 Å². The van der Waals surface area contributed by atoms with Crippen LogP contribution in [0.5, 0.6) is 5.75 Å². The molecule has 0 bridgehead atoms. The fourth-order valence-electron chi connectivity index (χ4n) is 2.25. The molecule has 0 saturated carbocycles. The Morgan fingerprint density at radius 2 is 1.92 bits per heavy atom. The maximum absolute atomic E-state index is 11.5. The van der Waals surface area contributed by atoms with Crippen LogP contribution in [-0.4, -0.2) is 12.5 Å². The second-order valence-electron chi connectivity index (χ2n) is 5.45. The van der Waals surface area contributed by atoms with Crippen molar-refractivity contribution in [2.75, 3.05) is 17.2 Å². The summed E-state index contributed by atoms with van der Waals surface area (Å²) in [6.07, 6.45) is 4.67. The number of benzene rings is 2. The van der Waals surface area contributed by atoms with E-state index in [-0.39, 0.29) is 5.91 Å². The number of hydrogen-bond donors (Lipinski definition) is 2. The number of carbonyl (C=O) groups is 1. The highest BCUT2D eigenvalue weighted by atomic mass is 16.5. The van der Waals surface area contributed by atoms with E-state index in [1.807, 2.05) is 48.5 Å². The van der Waals surface area contributed by atoms with Crippen molar-refractivity contribution in [3.63, 3.8) is 0 Å². The summed E-state index contributed by atoms with van der Waals surface area (Å²) < 4.78 is 5.78. The maximum atomic E-state index is 11.5. The minimum Gasteiger partial charge on any atom is -0.494 e. The first-order valence-corrected chi connectivity index (χ1v) is 8.25. The number of ether oxygens (including phenoxy) is 1. The zero-order chi connectivity index (χ0) is 17.2. The molecule has 0 fully saturated rings. The van der Waals surface area contributed by atoms with E-state index in [4.69, 9.17) is 4.74 Å². The number of rotatable bonds is 9. The first-order valence-electron chi connectivity index (χ1n) is 8.25. The molecule has 0 radical (unpaired) electrons. The average molecular weight is 324 g/mol. The topological polar surface area (TPSA) is 50.4 Å². The van der Waals surface area contributed by atoms with Crippen LogP contribution in [0.3, 0.4) is 0 Å². The van der Waals surface area contributed by atoms with Crippen molar-refractivity contribution in [1.29, 1.82) is 0 Å². The Kier molecular flexibility index (Phi) is 6.90. The van der Waals surface area contributed by atoms with Gasteiger partial charge in [-0.1, -0.05) is 44.5 Å². The van der Waals surface area contributed by atoms with Gasteiger partial charge in [-0.3, -0.25) is 4.79 Å². The Balaban J connectivity index is 2.05. The summed E-state index contributed by atoms with van der Waals surface area (Å²) in [6, 6.07) is 15.4. The lowest BCUT2D eigenvalue weighted by atomic mass is 10.2. The van der Waals surface area contributed by atoms with Crippen LogP contribution in [0.15, 0.2) is 61.2 Å². The predicted octanol–water partition coefficient (Wildman–Crippen LogP) is 5.12. The number of hydrogen-bond acceptors (Lipinski definition) is 3. The summed E-state index contributed by atoms with van der Waals surface area (Å²) in [5.41, 5.74) is 2.43. The number of anilines is 3. The minimum absolute atomic E-state index is 0.239. The van der Waals surface area contributed by atoms with Crippen LogP contribution in [0, 0.1) is 0 Å². The predicted molar refractivity (Wildman–Crippen MR) is 100 cm³/mol. The molecule has 0 atom stereocenters. The van der Waals surface area contributed by atoms with Crippen molar-refractivity contribution in [3.8, 4) is 5.75 Å². The Morgan fingerprint density at radius 1 is 1.12 bits per heavy atom. The number of amides is 1. The SMILES string of the molecule is C=CC(=O)Nc1ccccc1Nc1cccc(OCCCCC)c1. The van der Waals surface area contributed by atoms with Gasteiger partial charge in [-0.05, 0) is 36.8 Å². The molecule has 0 aliphatic rings. The van der Waals surface area contributed by atoms with Crippen LogP contribution < -0.4 is 15.4 Å². The smallest absolute Gasteiger partial charge is 0.247 e. The second kappa shape index (κ2) is 9.40. The highest BCUT2D eigenvalue weighted by Gasteiger charge is 2.05. The molecule has 0 spiro atoms. The fraction of sp³-hybridized carbons (Fsp3) is 0.250. The zero-order valence-electron chi connectivity index (χ0n) is 14.0. The van der Waals surface area contributed by atoms with Gasteiger partial charge in [0.15, 0.2) is 0 Å². The maximum Gasteiger partial charge on any atom is 0.247 e. The van der Waals surface area contributed by atoms with Gasteiger partial charge in [-0.2, -0.15) is 0 Å². The van der Waals surface area contributed by atoms with Crippen molar-refractivity contribution in [3.05, 3.63) is 61.2 Å². The molecule has 0 heterocycles. The first-order chi connectivity index (χ1) is 11.7. The van der Waals surface area contributed by atoms with E-state index in [1.54, 1.807) is 0 Å². The van der Waals surface area contributed by atoms with Crippen LogP contribution in [0.25, 0.3) is 0 Å². The van der Waals surface area contributed by atoms with Gasteiger partial charge in [0.2, 0.25) is 5.91 Å². The van der Waals surface area contributed by atoms with Gasteiger partial charge in [-0.25, -0.2) is 0 Å². The van der Waals surface area contributed by atoms with E-state index in [0.29, 0.717) is 5.69 Å². The van der Waals surface area contributed by atoms with Gasteiger partial charge in [0, 0.05) is 11.8 Å². The third kappa shape index (κ3) is 5.47. The molecule has 24 heavy (non-hydrogen) atoms. The van der Waals surface area contributed by atoms with E-state index < -0.39 is 0 Å². The Labute approximate surface area is 143 Å². The van der Waals surface area contributed by atoms with Crippen molar-refractivity contribution in [2.24, 2.45) is 0 Å². The molecule has 4 nitrogen and oxygen atoms in total. The van der Waals surface area contributed by atoms with E-state index in [1.165, 1.54) is 18.9 Å². The number of unbranched alkanes of at least 4 members (excludes halogenated alkanes) is 2. The molecule has 4 heteroatoms. The summed E-state index contributed by atoms with van der Waals surface area (Å²) in [5, 5.41) is 6.11. The lowest BCUT2D eigenvalue weighted by Crippen LogP contribution is -2.09. The summed E-state index contributed by atoms with van der Waals surface area (Å²) in [4.78, 5) is 11.5. The van der Waals surface area contributed by atoms with Crippen LogP contribution in [0.1, 0.15) is 26.2 Å². The van der Waals surface area contributed by atoms with Crippen LogP contribution >= 0.6 is 0 Å². The molecule has 1 amide bonds. The molecule has 2 aromatic rings. The molecule has 0 aromatic heterocycles. The van der Waals surface area contributed by atoms with E-state index in [9.17, 15) is 4.79 Å². The summed E-state index contributed by atoms with van der Waals surface area (Å²) in [7, 11) is 0. The highest BCUT2D eigenvalue weighted by molar-refractivity contribution is 6.01. The molecule has 0 aliphatic carbocycles. The van der Waals surface area contributed by atoms with Crippen molar-refractivity contribution in [2.45, 2.75) is 26.2 Å². The lowest BCUT2D eigenvalue weighted by molar-refractivity contribution is -0.111. The molecular formula is C20H24N2O2. The quantitative estimate of drug-likeness (QED) is 0.497. The summed E-state index contributed by atoms with van der Waals surface area (Å²) in [6.45, 7) is 6.37. The van der Waals surface area contributed by atoms with Gasteiger partial charge in [0.25, 0.3) is 0 Å². The first kappa shape index (κ1) is 17.6. The Hall–Kier alpha value is -2.75. The number of nitrogens with one attached hydrogen (secondary N) is 2. The van der Waals surface area contributed by atoms with Crippen molar-refractivity contribution < 1.29 is 9.53 Å². The Bertz CT molecular complexity index is 683. The van der Waals surface area contributed by atoms with Crippen LogP contribution in [0.2, 0.25) is 0 Å². The monoisotopic (exact) mass is 324 g/mol. The van der Waals surface area contributed by atoms with Crippen LogP contribution in [0.4, 0.5) is 17.1 Å². The number of para-hydroxylation sites is 2. The van der Waals surface area contributed by atoms with Crippen molar-refractivity contribution in [1.82, 2.24) is 0 Å². The second-order valence-corrected chi connectivity index (χ2v) is 5.45. The van der Waals surface area contributed by atoms with E-state index in [0.717, 1.165) is 30.2 Å². The zero-order valence-corrected chi connectivity index (χ0v) is 14.0. The van der Waals surface area contributed by atoms with Crippen LogP contribution in [-0.2, 0) is 4.79 Å². The van der Waals surface area contributed by atoms with Gasteiger partial charge >= 0.3 is 0 Å². The van der Waals surface area contributed by atoms with E-state index in [2.05, 4.69) is 24.1 Å². The van der Waals surface area contributed by atoms with Gasteiger partial charge in [0.1, 0.15) is 5.75 Å². The molecule has 0 aliphatic heterocycles. The standard InChI is InChI=1S/C20H24N2O2/c1-3-5-8-14-24-17-11-9-10-16(15-17)21-18-12-6-7-13-19(18)22-20(23)4-2/h4,6-7,9-13,15,21H,2-3,5,8,14H2,1H3,(H,22,23). The third-order valence-electron chi connectivity index (χ3n) is 3.50. The number of carbonyl (C=O) groups excluding carboxylic acids is 1. The average Bonchev–Trinajstić information content (AvgIpc) is 2.61. The molecular weight excluding hydrogens is 300 g/mol. The molecule has 2 aromatic carbocycles. The summed E-state index contributed by atoms with van der Waals surface area (Å²) >= 11 is 0. The van der Waals surface area contributed by atoms with Crippen molar-refractivity contribution >= 4 is 23.0 Å². The lowest BCUT2D eigenvalue weighted by Gasteiger charge is -2.13. The van der Waals surface area contributed by atoms with E-state index >= 15 is 0 Å². The normalized spacial score (nSPS) is 10.0. The molecule has 2 N–H and O–H groups in total. The summed E-state index contributed by atoms with van der Waals surface area (Å²) in [5.74, 6) is 0.598. The molecule has 0 saturated heterocycles. The largest absolute Gasteiger partial charge is 0.494 e. The fourth-order valence-corrected chi connectivity index (χ4v) is 2.25. The Morgan fingerprint density at radius 3 is 2.67 bits per heavy atom. The molecule has 2 rings (SSSR count). The van der Waals surface area contributed by atoms with Gasteiger partial charge in [-0.15, -0.1) is 0 Å². The molecule has 0 unspecified atom stereocenters. The molecule has 126 valence electrons.